The highest BCUT2D eigenvalue weighted by Gasteiger charge is 2.32. The summed E-state index contributed by atoms with van der Waals surface area (Å²) in [6.07, 6.45) is 0.178. The van der Waals surface area contributed by atoms with Crippen LogP contribution in [0.2, 0.25) is 0 Å². The second-order valence-electron chi connectivity index (χ2n) is 5.98. The highest BCUT2D eigenvalue weighted by atomic mass is 16.5. The van der Waals surface area contributed by atoms with Crippen LogP contribution in [0.15, 0.2) is 6.07 Å². The summed E-state index contributed by atoms with van der Waals surface area (Å²) >= 11 is 0. The van der Waals surface area contributed by atoms with Crippen molar-refractivity contribution in [1.29, 1.82) is 0 Å². The summed E-state index contributed by atoms with van der Waals surface area (Å²) in [6.45, 7) is 11.0. The van der Waals surface area contributed by atoms with Crippen LogP contribution in [0.4, 0.5) is 11.6 Å². The van der Waals surface area contributed by atoms with Gasteiger partial charge in [0.05, 0.1) is 11.7 Å². The van der Waals surface area contributed by atoms with E-state index >= 15 is 0 Å². The molecule has 0 amide bonds. The van der Waals surface area contributed by atoms with Gasteiger partial charge in [-0.05, 0) is 27.7 Å². The standard InChI is InChI=1S/C15H26N4O2/c1-6-20-9-13-17-12(16-5)7-14(18-13)19-8-11(2)21-15(3,4)10-19/h7,11H,6,8-10H2,1-5H3,(H,16,17,18). The Morgan fingerprint density at radius 2 is 2.24 bits per heavy atom. The highest BCUT2D eigenvalue weighted by Crippen LogP contribution is 2.26. The normalized spacial score (nSPS) is 21.4. The molecule has 2 rings (SSSR count). The second kappa shape index (κ2) is 6.58. The fraction of sp³-hybridized carbons (Fsp3) is 0.733. The zero-order valence-corrected chi connectivity index (χ0v) is 13.6. The summed E-state index contributed by atoms with van der Waals surface area (Å²) in [5.74, 6) is 2.44. The molecule has 1 unspecified atom stereocenters. The van der Waals surface area contributed by atoms with Gasteiger partial charge in [-0.25, -0.2) is 9.97 Å². The lowest BCUT2D eigenvalue weighted by Gasteiger charge is -2.42. The van der Waals surface area contributed by atoms with Crippen molar-refractivity contribution in [3.63, 3.8) is 0 Å². The number of rotatable bonds is 5. The van der Waals surface area contributed by atoms with Gasteiger partial charge in [0.2, 0.25) is 0 Å². The van der Waals surface area contributed by atoms with Crippen LogP contribution in [0.1, 0.15) is 33.5 Å². The van der Waals surface area contributed by atoms with Crippen LogP contribution in [-0.2, 0) is 16.1 Å². The van der Waals surface area contributed by atoms with Gasteiger partial charge in [-0.15, -0.1) is 0 Å². The minimum atomic E-state index is -0.178. The molecule has 1 fully saturated rings. The molecule has 0 radical (unpaired) electrons. The third kappa shape index (κ3) is 4.28. The van der Waals surface area contributed by atoms with Crippen LogP contribution in [0.3, 0.4) is 0 Å². The first-order valence-electron chi connectivity index (χ1n) is 7.49. The third-order valence-corrected chi connectivity index (χ3v) is 3.34. The molecule has 6 nitrogen and oxygen atoms in total. The Hall–Kier alpha value is -1.40. The largest absolute Gasteiger partial charge is 0.374 e. The molecular formula is C15H26N4O2. The highest BCUT2D eigenvalue weighted by molar-refractivity contribution is 5.49. The number of morpholine rings is 1. The van der Waals surface area contributed by atoms with E-state index in [1.54, 1.807) is 0 Å². The Morgan fingerprint density at radius 3 is 2.86 bits per heavy atom. The molecular weight excluding hydrogens is 268 g/mol. The molecule has 1 aliphatic heterocycles. The summed E-state index contributed by atoms with van der Waals surface area (Å²) in [4.78, 5) is 11.3. The van der Waals surface area contributed by atoms with Crippen molar-refractivity contribution in [2.75, 3.05) is 37.0 Å². The van der Waals surface area contributed by atoms with E-state index in [1.165, 1.54) is 0 Å². The van der Waals surface area contributed by atoms with Gasteiger partial charge in [0.15, 0.2) is 5.82 Å². The molecule has 6 heteroatoms. The molecule has 1 atom stereocenters. The van der Waals surface area contributed by atoms with Gasteiger partial charge in [-0.3, -0.25) is 0 Å². The average Bonchev–Trinajstić information content (AvgIpc) is 2.42. The smallest absolute Gasteiger partial charge is 0.158 e. The van der Waals surface area contributed by atoms with Crippen LogP contribution >= 0.6 is 0 Å². The number of anilines is 2. The van der Waals surface area contributed by atoms with Crippen LogP contribution in [0, 0.1) is 0 Å². The lowest BCUT2D eigenvalue weighted by molar-refractivity contribution is -0.0751. The molecule has 0 saturated carbocycles. The van der Waals surface area contributed by atoms with Gasteiger partial charge >= 0.3 is 0 Å². The van der Waals surface area contributed by atoms with E-state index in [1.807, 2.05) is 20.0 Å². The van der Waals surface area contributed by atoms with E-state index in [0.29, 0.717) is 19.0 Å². The van der Waals surface area contributed by atoms with Gasteiger partial charge in [0.1, 0.15) is 18.2 Å². The number of hydrogen-bond acceptors (Lipinski definition) is 6. The van der Waals surface area contributed by atoms with E-state index in [2.05, 4.69) is 41.0 Å². The second-order valence-corrected chi connectivity index (χ2v) is 5.98. The molecule has 0 spiro atoms. The number of hydrogen-bond donors (Lipinski definition) is 1. The predicted octanol–water partition coefficient (Wildman–Crippen LogP) is 2.06. The molecule has 21 heavy (non-hydrogen) atoms. The Bertz CT molecular complexity index is 479. The van der Waals surface area contributed by atoms with Crippen molar-refractivity contribution in [3.8, 4) is 0 Å². The van der Waals surface area contributed by atoms with E-state index in [4.69, 9.17) is 9.47 Å². The van der Waals surface area contributed by atoms with Gasteiger partial charge in [-0.1, -0.05) is 0 Å². The van der Waals surface area contributed by atoms with Crippen molar-refractivity contribution >= 4 is 11.6 Å². The maximum atomic E-state index is 5.95. The monoisotopic (exact) mass is 294 g/mol. The fourth-order valence-corrected chi connectivity index (χ4v) is 2.66. The molecule has 0 bridgehead atoms. The number of aromatic nitrogens is 2. The number of ether oxygens (including phenoxy) is 2. The summed E-state index contributed by atoms with van der Waals surface area (Å²) < 4.78 is 11.4. The zero-order chi connectivity index (χ0) is 15.5. The van der Waals surface area contributed by atoms with Gasteiger partial charge in [0.25, 0.3) is 0 Å². The molecule has 1 saturated heterocycles. The quantitative estimate of drug-likeness (QED) is 0.897. The van der Waals surface area contributed by atoms with Crippen LogP contribution in [0.5, 0.6) is 0 Å². The molecule has 1 aromatic rings. The minimum absolute atomic E-state index is 0.178. The minimum Gasteiger partial charge on any atom is -0.374 e. The molecule has 0 aliphatic carbocycles. The van der Waals surface area contributed by atoms with Crippen LogP contribution in [0.25, 0.3) is 0 Å². The molecule has 1 aromatic heterocycles. The van der Waals surface area contributed by atoms with Gasteiger partial charge in [-0.2, -0.15) is 0 Å². The van der Waals surface area contributed by atoms with Gasteiger partial charge in [0, 0.05) is 32.8 Å². The van der Waals surface area contributed by atoms with Crippen molar-refractivity contribution in [1.82, 2.24) is 9.97 Å². The first kappa shape index (κ1) is 16.0. The SMILES string of the molecule is CCOCc1nc(NC)cc(N2CC(C)OC(C)(C)C2)n1. The Labute approximate surface area is 126 Å². The Kier molecular flexibility index (Phi) is 5.00. The van der Waals surface area contributed by atoms with E-state index < -0.39 is 0 Å². The van der Waals surface area contributed by atoms with E-state index in [0.717, 1.165) is 24.7 Å². The van der Waals surface area contributed by atoms with E-state index in [-0.39, 0.29) is 11.7 Å². The maximum absolute atomic E-state index is 5.95. The molecule has 118 valence electrons. The van der Waals surface area contributed by atoms with Gasteiger partial charge < -0.3 is 19.7 Å². The van der Waals surface area contributed by atoms with Crippen LogP contribution in [-0.4, -0.2) is 48.4 Å². The van der Waals surface area contributed by atoms with Crippen LogP contribution < -0.4 is 10.2 Å². The molecule has 1 N–H and O–H groups in total. The lowest BCUT2D eigenvalue weighted by Crippen LogP contribution is -2.52. The van der Waals surface area contributed by atoms with Crippen molar-refractivity contribution in [2.45, 2.75) is 46.0 Å². The molecule has 0 aromatic carbocycles. The Balaban J connectivity index is 2.24. The summed E-state index contributed by atoms with van der Waals surface area (Å²) in [5.41, 5.74) is -0.178. The fourth-order valence-electron chi connectivity index (χ4n) is 2.66. The topological polar surface area (TPSA) is 59.5 Å². The summed E-state index contributed by atoms with van der Waals surface area (Å²) in [6, 6.07) is 1.98. The molecule has 2 heterocycles. The first-order valence-corrected chi connectivity index (χ1v) is 7.49. The lowest BCUT2D eigenvalue weighted by atomic mass is 10.1. The zero-order valence-electron chi connectivity index (χ0n) is 13.6. The number of nitrogens with zero attached hydrogens (tertiary/aromatic N) is 3. The van der Waals surface area contributed by atoms with Crippen molar-refractivity contribution in [3.05, 3.63) is 11.9 Å². The maximum Gasteiger partial charge on any atom is 0.158 e. The van der Waals surface area contributed by atoms with Crippen molar-refractivity contribution in [2.24, 2.45) is 0 Å². The predicted molar refractivity (Wildman–Crippen MR) is 83.7 cm³/mol. The van der Waals surface area contributed by atoms with E-state index in [9.17, 15) is 0 Å². The number of nitrogens with one attached hydrogen (secondary N) is 1. The summed E-state index contributed by atoms with van der Waals surface area (Å²) in [7, 11) is 1.86. The van der Waals surface area contributed by atoms with Crippen molar-refractivity contribution < 1.29 is 9.47 Å². The average molecular weight is 294 g/mol. The third-order valence-electron chi connectivity index (χ3n) is 3.34. The molecule has 1 aliphatic rings. The Morgan fingerprint density at radius 1 is 1.48 bits per heavy atom. The first-order chi connectivity index (χ1) is 9.93. The summed E-state index contributed by atoms with van der Waals surface area (Å²) in [5, 5.41) is 3.09.